The average molecular weight is 539 g/mol. The van der Waals surface area contributed by atoms with E-state index in [-0.39, 0.29) is 23.6 Å². The third-order valence-electron chi connectivity index (χ3n) is 6.99. The van der Waals surface area contributed by atoms with E-state index in [9.17, 15) is 4.79 Å². The van der Waals surface area contributed by atoms with Gasteiger partial charge in [0.1, 0.15) is 0 Å². The molecule has 202 valence electrons. The van der Waals surface area contributed by atoms with E-state index >= 15 is 0 Å². The molecule has 10 nitrogen and oxygen atoms in total. The highest BCUT2D eigenvalue weighted by Gasteiger charge is 2.31. The third kappa shape index (κ3) is 5.59. The van der Waals surface area contributed by atoms with Crippen LogP contribution >= 0.6 is 11.3 Å². The predicted octanol–water partition coefficient (Wildman–Crippen LogP) is 4.17. The summed E-state index contributed by atoms with van der Waals surface area (Å²) in [6, 6.07) is 9.66. The van der Waals surface area contributed by atoms with Crippen LogP contribution in [0.5, 0.6) is 11.5 Å². The van der Waals surface area contributed by atoms with Gasteiger partial charge in [0.2, 0.25) is 0 Å². The first kappa shape index (κ1) is 26.3. The van der Waals surface area contributed by atoms with Gasteiger partial charge < -0.3 is 19.2 Å². The van der Waals surface area contributed by atoms with Crippen molar-refractivity contribution in [2.24, 2.45) is 5.92 Å². The second kappa shape index (κ2) is 11.6. The summed E-state index contributed by atoms with van der Waals surface area (Å²) in [5.74, 6) is 2.16. The molecule has 1 saturated heterocycles. The van der Waals surface area contributed by atoms with E-state index in [0.717, 1.165) is 30.7 Å². The molecule has 11 heteroatoms. The minimum atomic E-state index is -0.137. The maximum Gasteiger partial charge on any atom is 0.252 e. The molecule has 4 heterocycles. The highest BCUT2D eigenvalue weighted by atomic mass is 32.1. The maximum atomic E-state index is 13.3. The van der Waals surface area contributed by atoms with Gasteiger partial charge in [0.05, 0.1) is 38.4 Å². The fourth-order valence-corrected chi connectivity index (χ4v) is 5.92. The van der Waals surface area contributed by atoms with Gasteiger partial charge in [-0.05, 0) is 52.8 Å². The summed E-state index contributed by atoms with van der Waals surface area (Å²) < 4.78 is 18.6. The number of pyridine rings is 1. The van der Waals surface area contributed by atoms with Crippen molar-refractivity contribution in [3.8, 4) is 11.5 Å². The quantitative estimate of drug-likeness (QED) is 0.303. The van der Waals surface area contributed by atoms with Crippen molar-refractivity contribution in [2.45, 2.75) is 58.5 Å². The van der Waals surface area contributed by atoms with Crippen LogP contribution in [0, 0.1) is 5.92 Å². The number of benzene rings is 1. The van der Waals surface area contributed by atoms with Gasteiger partial charge in [-0.15, -0.1) is 16.4 Å². The van der Waals surface area contributed by atoms with Crippen LogP contribution in [0.2, 0.25) is 0 Å². The van der Waals surface area contributed by atoms with E-state index in [0.29, 0.717) is 42.2 Å². The maximum absolute atomic E-state index is 13.3. The number of methoxy groups -OCH3 is 2. The van der Waals surface area contributed by atoms with Crippen LogP contribution in [0.4, 0.5) is 0 Å². The standard InChI is InChI=1S/C27H34N6O4S/c1-17(2)25(26-29-30-31-33(26)15-20-7-5-9-37-20)32(16-21-8-6-10-38-21)14-19-11-18-12-23(35-3)24(36-4)13-22(18)28-27(19)34/h6,8,10-13,17,20,25H,5,7,9,14-16H2,1-4H3,(H,28,34)/t20-,25+/m0/s1. The summed E-state index contributed by atoms with van der Waals surface area (Å²) in [6.07, 6.45) is 2.18. The van der Waals surface area contributed by atoms with E-state index in [1.54, 1.807) is 31.6 Å². The molecule has 5 rings (SSSR count). The lowest BCUT2D eigenvalue weighted by molar-refractivity contribution is 0.0853. The highest BCUT2D eigenvalue weighted by Crippen LogP contribution is 2.33. The molecule has 0 bridgehead atoms. The molecule has 0 amide bonds. The van der Waals surface area contributed by atoms with Crippen LogP contribution < -0.4 is 15.0 Å². The molecule has 0 saturated carbocycles. The number of hydrogen-bond donors (Lipinski definition) is 1. The first-order valence-corrected chi connectivity index (χ1v) is 13.8. The predicted molar refractivity (Wildman–Crippen MR) is 146 cm³/mol. The minimum absolute atomic E-state index is 0.117. The van der Waals surface area contributed by atoms with Crippen LogP contribution in [0.25, 0.3) is 10.9 Å². The molecule has 1 aromatic carbocycles. The number of nitrogens with zero attached hydrogens (tertiary/aromatic N) is 5. The molecule has 0 unspecified atom stereocenters. The lowest BCUT2D eigenvalue weighted by Gasteiger charge is -2.33. The Hall–Kier alpha value is -3.28. The average Bonchev–Trinajstić information content (AvgIpc) is 3.69. The Balaban J connectivity index is 1.52. The summed E-state index contributed by atoms with van der Waals surface area (Å²) in [4.78, 5) is 19.8. The Morgan fingerprint density at radius 1 is 1.21 bits per heavy atom. The fraction of sp³-hybridized carbons (Fsp3) is 0.481. The largest absolute Gasteiger partial charge is 0.493 e. The van der Waals surface area contributed by atoms with Crippen molar-refractivity contribution in [3.63, 3.8) is 0 Å². The van der Waals surface area contributed by atoms with E-state index in [4.69, 9.17) is 14.2 Å². The zero-order valence-electron chi connectivity index (χ0n) is 22.2. The highest BCUT2D eigenvalue weighted by molar-refractivity contribution is 7.09. The molecule has 3 aromatic heterocycles. The van der Waals surface area contributed by atoms with Crippen LogP contribution in [-0.4, -0.2) is 57.0 Å². The van der Waals surface area contributed by atoms with E-state index in [2.05, 4.69) is 50.7 Å². The van der Waals surface area contributed by atoms with Gasteiger partial charge >= 0.3 is 0 Å². The number of aromatic nitrogens is 5. The van der Waals surface area contributed by atoms with Crippen LogP contribution in [-0.2, 0) is 24.4 Å². The fourth-order valence-electron chi connectivity index (χ4n) is 5.19. The van der Waals surface area contributed by atoms with Crippen molar-refractivity contribution in [3.05, 3.63) is 62.3 Å². The lowest BCUT2D eigenvalue weighted by Crippen LogP contribution is -2.35. The van der Waals surface area contributed by atoms with Crippen molar-refractivity contribution < 1.29 is 14.2 Å². The number of thiophene rings is 1. The Kier molecular flexibility index (Phi) is 8.06. The number of nitrogens with one attached hydrogen (secondary N) is 1. The number of rotatable bonds is 11. The van der Waals surface area contributed by atoms with Gasteiger partial charge in [0.15, 0.2) is 17.3 Å². The van der Waals surface area contributed by atoms with Crippen molar-refractivity contribution in [2.75, 3.05) is 20.8 Å². The monoisotopic (exact) mass is 538 g/mol. The molecule has 1 aliphatic heterocycles. The number of ether oxygens (including phenoxy) is 3. The number of H-pyrrole nitrogens is 1. The van der Waals surface area contributed by atoms with Gasteiger partial charge in [0, 0.05) is 41.6 Å². The van der Waals surface area contributed by atoms with Crippen molar-refractivity contribution in [1.82, 2.24) is 30.1 Å². The summed E-state index contributed by atoms with van der Waals surface area (Å²) in [7, 11) is 3.18. The number of hydrogen-bond acceptors (Lipinski definition) is 9. The van der Waals surface area contributed by atoms with Crippen LogP contribution in [0.1, 0.15) is 49.0 Å². The third-order valence-corrected chi connectivity index (χ3v) is 7.85. The molecule has 1 fully saturated rings. The Morgan fingerprint density at radius 2 is 2.03 bits per heavy atom. The van der Waals surface area contributed by atoms with E-state index in [1.807, 2.05) is 22.9 Å². The molecule has 4 aromatic rings. The number of tetrazole rings is 1. The smallest absolute Gasteiger partial charge is 0.252 e. The summed E-state index contributed by atoms with van der Waals surface area (Å²) >= 11 is 1.70. The van der Waals surface area contributed by atoms with Crippen molar-refractivity contribution >= 4 is 22.2 Å². The van der Waals surface area contributed by atoms with Crippen LogP contribution in [0.3, 0.4) is 0 Å². The van der Waals surface area contributed by atoms with Gasteiger partial charge in [0.25, 0.3) is 5.56 Å². The van der Waals surface area contributed by atoms with Gasteiger partial charge in [-0.2, -0.15) is 0 Å². The molecular formula is C27H34N6O4S. The molecule has 0 radical (unpaired) electrons. The summed E-state index contributed by atoms with van der Waals surface area (Å²) in [6.45, 7) is 6.82. The Morgan fingerprint density at radius 3 is 2.71 bits per heavy atom. The SMILES string of the molecule is COc1cc2cc(CN(Cc3cccs3)[C@@H](c3nnnn3C[C@@H]3CCCO3)C(C)C)c(=O)[nH]c2cc1OC. The second-order valence-corrected chi connectivity index (χ2v) is 11.0. The number of aromatic amines is 1. The van der Waals surface area contributed by atoms with Gasteiger partial charge in [-0.1, -0.05) is 19.9 Å². The molecule has 0 spiro atoms. The van der Waals surface area contributed by atoms with Gasteiger partial charge in [-0.25, -0.2) is 4.68 Å². The molecule has 2 atom stereocenters. The number of fused-ring (bicyclic) bond motifs is 1. The van der Waals surface area contributed by atoms with E-state index in [1.165, 1.54) is 4.88 Å². The lowest BCUT2D eigenvalue weighted by atomic mass is 10.00. The zero-order chi connectivity index (χ0) is 26.6. The topological polar surface area (TPSA) is 107 Å². The van der Waals surface area contributed by atoms with Crippen LogP contribution in [0.15, 0.2) is 40.5 Å². The molecule has 1 aliphatic rings. The molecule has 38 heavy (non-hydrogen) atoms. The minimum Gasteiger partial charge on any atom is -0.493 e. The molecular weight excluding hydrogens is 504 g/mol. The molecule has 1 N–H and O–H groups in total. The Bertz CT molecular complexity index is 1410. The summed E-state index contributed by atoms with van der Waals surface area (Å²) in [5, 5.41) is 15.8. The van der Waals surface area contributed by atoms with E-state index < -0.39 is 0 Å². The zero-order valence-corrected chi connectivity index (χ0v) is 23.0. The Labute approximate surface area is 225 Å². The van der Waals surface area contributed by atoms with Crippen molar-refractivity contribution in [1.29, 1.82) is 0 Å². The van der Waals surface area contributed by atoms with Gasteiger partial charge in [-0.3, -0.25) is 9.69 Å². The molecule has 0 aliphatic carbocycles. The first-order valence-electron chi connectivity index (χ1n) is 12.9. The summed E-state index contributed by atoms with van der Waals surface area (Å²) in [5.41, 5.74) is 1.22. The normalized spacial score (nSPS) is 16.5. The first-order chi connectivity index (χ1) is 18.5. The second-order valence-electron chi connectivity index (χ2n) is 9.95.